The van der Waals surface area contributed by atoms with Crippen LogP contribution in [0.2, 0.25) is 0 Å². The summed E-state index contributed by atoms with van der Waals surface area (Å²) < 4.78 is 0. The molecule has 0 bridgehead atoms. The second-order valence-corrected chi connectivity index (χ2v) is 7.82. The summed E-state index contributed by atoms with van der Waals surface area (Å²) in [5.41, 5.74) is 0.888. The van der Waals surface area contributed by atoms with Gasteiger partial charge in [0.2, 0.25) is 0 Å². The summed E-state index contributed by atoms with van der Waals surface area (Å²) in [7, 11) is 2.24. The summed E-state index contributed by atoms with van der Waals surface area (Å²) >= 11 is 0. The van der Waals surface area contributed by atoms with Gasteiger partial charge in [0.1, 0.15) is 0 Å². The smallest absolute Gasteiger partial charge is 0.00357 e. The fourth-order valence-corrected chi connectivity index (χ4v) is 1.89. The van der Waals surface area contributed by atoms with Crippen molar-refractivity contribution in [1.29, 1.82) is 0 Å². The minimum atomic E-state index is 0.422. The van der Waals surface area contributed by atoms with Gasteiger partial charge in [-0.25, -0.2) is 0 Å². The van der Waals surface area contributed by atoms with Gasteiger partial charge in [-0.05, 0) is 50.5 Å². The maximum absolute atomic E-state index is 2.46. The third kappa shape index (κ3) is 13.4. The highest BCUT2D eigenvalue weighted by Gasteiger charge is 2.27. The molecule has 0 aromatic carbocycles. The summed E-state index contributed by atoms with van der Waals surface area (Å²) in [6.45, 7) is 28.0. The maximum Gasteiger partial charge on any atom is 0.00357 e. The lowest BCUT2D eigenvalue weighted by Crippen LogP contribution is -2.36. The van der Waals surface area contributed by atoms with Gasteiger partial charge < -0.3 is 4.90 Å². The number of nitrogens with zero attached hydrogens (tertiary/aromatic N) is 1. The first kappa shape index (κ1) is 25.9. The van der Waals surface area contributed by atoms with Gasteiger partial charge in [0.25, 0.3) is 0 Å². The van der Waals surface area contributed by atoms with Gasteiger partial charge in [-0.2, -0.15) is 0 Å². The molecule has 0 spiro atoms. The van der Waals surface area contributed by atoms with E-state index in [9.17, 15) is 0 Å². The topological polar surface area (TPSA) is 3.24 Å². The second kappa shape index (κ2) is 12.5. The van der Waals surface area contributed by atoms with Crippen LogP contribution in [0.4, 0.5) is 0 Å². The minimum absolute atomic E-state index is 0.422. The zero-order chi connectivity index (χ0) is 17.9. The molecule has 0 aromatic rings. The Morgan fingerprint density at radius 2 is 1.14 bits per heavy atom. The molecule has 0 N–H and O–H groups in total. The Bertz CT molecular complexity index is 214. The molecule has 132 valence electrons. The molecule has 0 saturated carbocycles. The Balaban J connectivity index is -0.000000739. The molecule has 0 unspecified atom stereocenters. The lowest BCUT2D eigenvalue weighted by atomic mass is 9.73. The Morgan fingerprint density at radius 3 is 1.43 bits per heavy atom. The molecule has 0 saturated heterocycles. The first-order valence-corrected chi connectivity index (χ1v) is 9.18. The molecule has 0 atom stereocenters. The third-order valence-electron chi connectivity index (χ3n) is 4.57. The monoisotopic (exact) mass is 301 g/mol. The van der Waals surface area contributed by atoms with Gasteiger partial charge >= 0.3 is 0 Å². The zero-order valence-electron chi connectivity index (χ0n) is 17.7. The van der Waals surface area contributed by atoms with Crippen LogP contribution in [0, 0.1) is 16.7 Å². The molecule has 0 rings (SSSR count). The predicted molar refractivity (Wildman–Crippen MR) is 102 cm³/mol. The van der Waals surface area contributed by atoms with Gasteiger partial charge in [0, 0.05) is 12.6 Å². The van der Waals surface area contributed by atoms with Crippen molar-refractivity contribution < 1.29 is 0 Å². The average molecular weight is 302 g/mol. The van der Waals surface area contributed by atoms with Crippen molar-refractivity contribution >= 4 is 0 Å². The van der Waals surface area contributed by atoms with Crippen molar-refractivity contribution in [3.8, 4) is 0 Å². The summed E-state index contributed by atoms with van der Waals surface area (Å²) in [6.07, 6.45) is 2.64. The van der Waals surface area contributed by atoms with Crippen LogP contribution in [0.25, 0.3) is 0 Å². The molecule has 0 heterocycles. The van der Waals surface area contributed by atoms with Crippen LogP contribution in [0.3, 0.4) is 0 Å². The lowest BCUT2D eigenvalue weighted by Gasteiger charge is -2.37. The molecule has 0 aromatic heterocycles. The summed E-state index contributed by atoms with van der Waals surface area (Å²) in [4.78, 5) is 2.46. The van der Waals surface area contributed by atoms with Crippen LogP contribution in [0.1, 0.15) is 95.9 Å². The average Bonchev–Trinajstić information content (AvgIpc) is 2.40. The van der Waals surface area contributed by atoms with Crippen molar-refractivity contribution in [2.75, 3.05) is 13.6 Å². The fraction of sp³-hybridized carbons (Fsp3) is 1.00. The second-order valence-electron chi connectivity index (χ2n) is 7.82. The van der Waals surface area contributed by atoms with E-state index in [1.54, 1.807) is 0 Å². The van der Waals surface area contributed by atoms with Crippen molar-refractivity contribution in [2.45, 2.75) is 102 Å². The highest BCUT2D eigenvalue weighted by atomic mass is 15.1. The normalized spacial score (nSPS) is 12.0. The highest BCUT2D eigenvalue weighted by molar-refractivity contribution is 4.79. The van der Waals surface area contributed by atoms with E-state index in [-0.39, 0.29) is 0 Å². The van der Waals surface area contributed by atoms with Crippen molar-refractivity contribution in [3.63, 3.8) is 0 Å². The Kier molecular flexibility index (Phi) is 15.4. The maximum atomic E-state index is 2.46. The quantitative estimate of drug-likeness (QED) is 0.496. The van der Waals surface area contributed by atoms with E-state index in [0.717, 1.165) is 5.92 Å². The number of hydrogen-bond donors (Lipinski definition) is 0. The van der Waals surface area contributed by atoms with E-state index in [2.05, 4.69) is 67.3 Å². The third-order valence-corrected chi connectivity index (χ3v) is 4.57. The zero-order valence-corrected chi connectivity index (χ0v) is 17.7. The largest absolute Gasteiger partial charge is 0.303 e. The van der Waals surface area contributed by atoms with Gasteiger partial charge in [-0.15, -0.1) is 0 Å². The summed E-state index contributed by atoms with van der Waals surface area (Å²) in [5, 5.41) is 0. The van der Waals surface area contributed by atoms with E-state index >= 15 is 0 Å². The van der Waals surface area contributed by atoms with E-state index in [1.807, 2.05) is 27.7 Å². The summed E-state index contributed by atoms with van der Waals surface area (Å²) in [6, 6.07) is 0.646. The molecular formula is C20H47N. The number of hydrogen-bond acceptors (Lipinski definition) is 1. The molecule has 1 nitrogen and oxygen atoms in total. The van der Waals surface area contributed by atoms with Crippen LogP contribution >= 0.6 is 0 Å². The van der Waals surface area contributed by atoms with Gasteiger partial charge in [-0.1, -0.05) is 69.2 Å². The Labute approximate surface area is 137 Å². The van der Waals surface area contributed by atoms with Gasteiger partial charge in [0.15, 0.2) is 0 Å². The Hall–Kier alpha value is -0.0400. The molecule has 0 amide bonds. The highest BCUT2D eigenvalue weighted by Crippen LogP contribution is 2.36. The van der Waals surface area contributed by atoms with Crippen LogP contribution in [-0.2, 0) is 0 Å². The SMILES string of the molecule is CC.CC.CC(C)N(C)CC(C)(C)CCC(C)(C)C(C)C. The van der Waals surface area contributed by atoms with E-state index in [0.29, 0.717) is 16.9 Å². The van der Waals surface area contributed by atoms with Gasteiger partial charge in [0.05, 0.1) is 0 Å². The Morgan fingerprint density at radius 1 is 0.762 bits per heavy atom. The van der Waals surface area contributed by atoms with Crippen LogP contribution < -0.4 is 0 Å². The van der Waals surface area contributed by atoms with Crippen molar-refractivity contribution in [2.24, 2.45) is 16.7 Å². The van der Waals surface area contributed by atoms with E-state index < -0.39 is 0 Å². The van der Waals surface area contributed by atoms with Crippen molar-refractivity contribution in [1.82, 2.24) is 4.90 Å². The van der Waals surface area contributed by atoms with Crippen LogP contribution in [0.5, 0.6) is 0 Å². The molecule has 0 aliphatic rings. The molecule has 0 fully saturated rings. The lowest BCUT2D eigenvalue weighted by molar-refractivity contribution is 0.132. The number of rotatable bonds is 7. The first-order valence-electron chi connectivity index (χ1n) is 9.18. The van der Waals surface area contributed by atoms with Gasteiger partial charge in [-0.3, -0.25) is 0 Å². The first-order chi connectivity index (χ1) is 9.48. The predicted octanol–water partition coefficient (Wildman–Crippen LogP) is 6.87. The molecular weight excluding hydrogens is 254 g/mol. The standard InChI is InChI=1S/C16H35N.2C2H6/c1-13(2)16(7,8)11-10-15(5,6)12-17(9)14(3)4;2*1-2/h13-14H,10-12H2,1-9H3;2*1-2H3. The molecule has 0 aliphatic heterocycles. The van der Waals surface area contributed by atoms with Crippen LogP contribution in [-0.4, -0.2) is 24.5 Å². The van der Waals surface area contributed by atoms with Crippen LogP contribution in [0.15, 0.2) is 0 Å². The van der Waals surface area contributed by atoms with E-state index in [1.165, 1.54) is 19.4 Å². The molecule has 21 heavy (non-hydrogen) atoms. The van der Waals surface area contributed by atoms with Crippen molar-refractivity contribution in [3.05, 3.63) is 0 Å². The van der Waals surface area contributed by atoms with E-state index in [4.69, 9.17) is 0 Å². The minimum Gasteiger partial charge on any atom is -0.303 e. The molecule has 1 heteroatoms. The fourth-order valence-electron chi connectivity index (χ4n) is 1.89. The molecule has 0 aliphatic carbocycles. The summed E-state index contributed by atoms with van der Waals surface area (Å²) in [5.74, 6) is 0.765. The molecule has 0 radical (unpaired) electrons.